The van der Waals surface area contributed by atoms with Gasteiger partial charge in [0.2, 0.25) is 5.91 Å². The number of aromatic amines is 1. The number of carbonyl (C=O) groups is 1. The molecule has 6 heteroatoms. The number of fused-ring (bicyclic) bond motifs is 1. The molecule has 1 aromatic carbocycles. The van der Waals surface area contributed by atoms with Gasteiger partial charge in [-0.15, -0.1) is 0 Å². The molecular weight excluding hydrogens is 316 g/mol. The number of ether oxygens (including phenoxy) is 1. The molecule has 3 rings (SSSR count). The van der Waals surface area contributed by atoms with E-state index in [1.54, 1.807) is 7.11 Å². The summed E-state index contributed by atoms with van der Waals surface area (Å²) in [6, 6.07) is 7.87. The lowest BCUT2D eigenvalue weighted by Gasteiger charge is -2.31. The Hall–Kier alpha value is -2.34. The zero-order chi connectivity index (χ0) is 18.0. The summed E-state index contributed by atoms with van der Waals surface area (Å²) in [4.78, 5) is 22.6. The fourth-order valence-electron chi connectivity index (χ4n) is 3.12. The number of imidazole rings is 1. The number of H-pyrrole nitrogens is 1. The molecule has 0 fully saturated rings. The third-order valence-corrected chi connectivity index (χ3v) is 4.56. The van der Waals surface area contributed by atoms with Gasteiger partial charge in [0.15, 0.2) is 0 Å². The molecule has 134 valence electrons. The predicted molar refractivity (Wildman–Crippen MR) is 97.4 cm³/mol. The average molecular weight is 342 g/mol. The van der Waals surface area contributed by atoms with E-state index >= 15 is 0 Å². The first-order valence-corrected chi connectivity index (χ1v) is 8.74. The van der Waals surface area contributed by atoms with Gasteiger partial charge in [-0.3, -0.25) is 9.69 Å². The van der Waals surface area contributed by atoms with Crippen molar-refractivity contribution < 1.29 is 9.53 Å². The molecule has 0 saturated heterocycles. The molecule has 2 aromatic rings. The number of methoxy groups -OCH3 is 1. The molecule has 0 aliphatic carbocycles. The second kappa shape index (κ2) is 7.27. The summed E-state index contributed by atoms with van der Waals surface area (Å²) >= 11 is 0. The van der Waals surface area contributed by atoms with Crippen molar-refractivity contribution in [2.24, 2.45) is 0 Å². The van der Waals surface area contributed by atoms with Crippen LogP contribution in [0.1, 0.15) is 32.2 Å². The SMILES string of the molecule is COc1cccc(-c2nc3c([nH]2)CN([C@H](C)C(=O)NC(C)C)CC3)c1. The first-order valence-electron chi connectivity index (χ1n) is 8.74. The molecule has 0 unspecified atom stereocenters. The summed E-state index contributed by atoms with van der Waals surface area (Å²) in [6.07, 6.45) is 0.842. The molecule has 25 heavy (non-hydrogen) atoms. The van der Waals surface area contributed by atoms with Crippen LogP contribution in [-0.2, 0) is 17.8 Å². The predicted octanol–water partition coefficient (Wildman–Crippen LogP) is 2.36. The van der Waals surface area contributed by atoms with E-state index < -0.39 is 0 Å². The Morgan fingerprint density at radius 3 is 2.88 bits per heavy atom. The third-order valence-electron chi connectivity index (χ3n) is 4.56. The van der Waals surface area contributed by atoms with Crippen molar-refractivity contribution in [1.82, 2.24) is 20.2 Å². The minimum Gasteiger partial charge on any atom is -0.497 e. The van der Waals surface area contributed by atoms with Gasteiger partial charge in [-0.25, -0.2) is 4.98 Å². The normalized spacial score (nSPS) is 15.7. The molecule has 1 aliphatic heterocycles. The second-order valence-corrected chi connectivity index (χ2v) is 6.80. The summed E-state index contributed by atoms with van der Waals surface area (Å²) in [6.45, 7) is 7.46. The number of nitrogens with one attached hydrogen (secondary N) is 2. The summed E-state index contributed by atoms with van der Waals surface area (Å²) in [7, 11) is 1.66. The number of hydrogen-bond acceptors (Lipinski definition) is 4. The van der Waals surface area contributed by atoms with Crippen LogP contribution in [0.5, 0.6) is 5.75 Å². The van der Waals surface area contributed by atoms with Crippen LogP contribution in [0.25, 0.3) is 11.4 Å². The van der Waals surface area contributed by atoms with E-state index in [9.17, 15) is 4.79 Å². The van der Waals surface area contributed by atoms with Crippen LogP contribution in [0.15, 0.2) is 24.3 Å². The van der Waals surface area contributed by atoms with Crippen molar-refractivity contribution in [3.05, 3.63) is 35.7 Å². The van der Waals surface area contributed by atoms with Crippen molar-refractivity contribution in [2.45, 2.75) is 45.8 Å². The number of nitrogens with zero attached hydrogens (tertiary/aromatic N) is 2. The Morgan fingerprint density at radius 2 is 2.16 bits per heavy atom. The molecule has 1 amide bonds. The lowest BCUT2D eigenvalue weighted by Crippen LogP contribution is -2.48. The standard InChI is InChI=1S/C19H26N4O2/c1-12(2)20-19(24)13(3)23-9-8-16-17(11-23)22-18(21-16)14-6-5-7-15(10-14)25-4/h5-7,10,12-13H,8-9,11H2,1-4H3,(H,20,24)(H,21,22)/t13-/m1/s1. The van der Waals surface area contributed by atoms with Crippen molar-refractivity contribution in [1.29, 1.82) is 0 Å². The molecule has 6 nitrogen and oxygen atoms in total. The smallest absolute Gasteiger partial charge is 0.237 e. The fourth-order valence-corrected chi connectivity index (χ4v) is 3.12. The number of hydrogen-bond donors (Lipinski definition) is 2. The van der Waals surface area contributed by atoms with Crippen LogP contribution in [-0.4, -0.2) is 46.5 Å². The molecular formula is C19H26N4O2. The highest BCUT2D eigenvalue weighted by Gasteiger charge is 2.27. The summed E-state index contributed by atoms with van der Waals surface area (Å²) in [5, 5.41) is 2.99. The maximum atomic E-state index is 12.3. The molecule has 0 saturated carbocycles. The highest BCUT2D eigenvalue weighted by Crippen LogP contribution is 2.26. The van der Waals surface area contributed by atoms with Gasteiger partial charge in [0, 0.05) is 31.1 Å². The highest BCUT2D eigenvalue weighted by atomic mass is 16.5. The monoisotopic (exact) mass is 342 g/mol. The molecule has 0 bridgehead atoms. The van der Waals surface area contributed by atoms with Gasteiger partial charge in [-0.2, -0.15) is 0 Å². The van der Waals surface area contributed by atoms with Gasteiger partial charge in [-0.05, 0) is 32.9 Å². The van der Waals surface area contributed by atoms with Crippen molar-refractivity contribution in [3.8, 4) is 17.1 Å². The summed E-state index contributed by atoms with van der Waals surface area (Å²) in [5.41, 5.74) is 3.18. The van der Waals surface area contributed by atoms with Gasteiger partial charge < -0.3 is 15.0 Å². The van der Waals surface area contributed by atoms with Gasteiger partial charge in [0.05, 0.1) is 24.5 Å². The first-order chi connectivity index (χ1) is 12.0. The van der Waals surface area contributed by atoms with E-state index in [2.05, 4.69) is 15.2 Å². The lowest BCUT2D eigenvalue weighted by molar-refractivity contribution is -0.126. The maximum Gasteiger partial charge on any atom is 0.237 e. The highest BCUT2D eigenvalue weighted by molar-refractivity contribution is 5.81. The molecule has 1 atom stereocenters. The van der Waals surface area contributed by atoms with Gasteiger partial charge in [0.25, 0.3) is 0 Å². The van der Waals surface area contributed by atoms with Crippen LogP contribution >= 0.6 is 0 Å². The Labute approximate surface area is 148 Å². The van der Waals surface area contributed by atoms with E-state index in [1.807, 2.05) is 45.0 Å². The summed E-state index contributed by atoms with van der Waals surface area (Å²) < 4.78 is 5.29. The number of amides is 1. The van der Waals surface area contributed by atoms with E-state index in [-0.39, 0.29) is 18.0 Å². The van der Waals surface area contributed by atoms with Gasteiger partial charge >= 0.3 is 0 Å². The van der Waals surface area contributed by atoms with E-state index in [4.69, 9.17) is 9.72 Å². The maximum absolute atomic E-state index is 12.3. The third kappa shape index (κ3) is 3.85. The van der Waals surface area contributed by atoms with Crippen LogP contribution in [0.2, 0.25) is 0 Å². The summed E-state index contributed by atoms with van der Waals surface area (Å²) in [5.74, 6) is 1.74. The lowest BCUT2D eigenvalue weighted by atomic mass is 10.1. The van der Waals surface area contributed by atoms with E-state index in [1.165, 1.54) is 0 Å². The largest absolute Gasteiger partial charge is 0.497 e. The molecule has 0 spiro atoms. The molecule has 0 radical (unpaired) electrons. The Morgan fingerprint density at radius 1 is 1.36 bits per heavy atom. The van der Waals surface area contributed by atoms with Gasteiger partial charge in [0.1, 0.15) is 11.6 Å². The number of aromatic nitrogens is 2. The van der Waals surface area contributed by atoms with Crippen LogP contribution in [0, 0.1) is 0 Å². The zero-order valence-electron chi connectivity index (χ0n) is 15.3. The number of rotatable bonds is 5. The molecule has 1 aromatic heterocycles. The minimum absolute atomic E-state index is 0.0750. The minimum atomic E-state index is -0.154. The Kier molecular flexibility index (Phi) is 5.08. The second-order valence-electron chi connectivity index (χ2n) is 6.80. The van der Waals surface area contributed by atoms with Crippen LogP contribution in [0.3, 0.4) is 0 Å². The zero-order valence-corrected chi connectivity index (χ0v) is 15.3. The van der Waals surface area contributed by atoms with E-state index in [0.717, 1.165) is 41.5 Å². The number of benzene rings is 1. The molecule has 2 heterocycles. The fraction of sp³-hybridized carbons (Fsp3) is 0.474. The van der Waals surface area contributed by atoms with Crippen molar-refractivity contribution >= 4 is 5.91 Å². The molecule has 2 N–H and O–H groups in total. The average Bonchev–Trinajstić information content (AvgIpc) is 3.03. The van der Waals surface area contributed by atoms with Crippen molar-refractivity contribution in [2.75, 3.05) is 13.7 Å². The topological polar surface area (TPSA) is 70.2 Å². The Bertz CT molecular complexity index is 754. The first kappa shape index (κ1) is 17.5. The van der Waals surface area contributed by atoms with Crippen molar-refractivity contribution in [3.63, 3.8) is 0 Å². The van der Waals surface area contributed by atoms with Crippen LogP contribution < -0.4 is 10.1 Å². The quantitative estimate of drug-likeness (QED) is 0.875. The van der Waals surface area contributed by atoms with Crippen LogP contribution in [0.4, 0.5) is 0 Å². The molecule has 1 aliphatic rings. The number of carbonyl (C=O) groups excluding carboxylic acids is 1. The Balaban J connectivity index is 1.76. The van der Waals surface area contributed by atoms with Gasteiger partial charge in [-0.1, -0.05) is 12.1 Å². The van der Waals surface area contributed by atoms with E-state index in [0.29, 0.717) is 6.54 Å².